The number of ether oxygens (including phenoxy) is 2. The number of hydrogen-bond donors (Lipinski definition) is 3. The molecule has 0 bridgehead atoms. The average molecular weight is 333 g/mol. The lowest BCUT2D eigenvalue weighted by Gasteiger charge is -2.07. The Morgan fingerprint density at radius 2 is 1.48 bits per heavy atom. The zero-order valence-electron chi connectivity index (χ0n) is 13.7. The van der Waals surface area contributed by atoms with Crippen molar-refractivity contribution in [2.75, 3.05) is 14.2 Å². The minimum Gasteiger partial charge on any atom is -0.493 e. The molecule has 0 fully saturated rings. The molecule has 25 heavy (non-hydrogen) atoms. The van der Waals surface area contributed by atoms with Crippen molar-refractivity contribution in [2.24, 2.45) is 0 Å². The van der Waals surface area contributed by atoms with E-state index in [0.29, 0.717) is 17.0 Å². The Morgan fingerprint density at radius 3 is 2.28 bits per heavy atom. The molecule has 6 heteroatoms. The maximum absolute atomic E-state index is 12.6. The zero-order valence-corrected chi connectivity index (χ0v) is 13.7. The number of aromatic amines is 3. The molecule has 3 heterocycles. The van der Waals surface area contributed by atoms with Gasteiger partial charge in [0.2, 0.25) is 0 Å². The van der Waals surface area contributed by atoms with Gasteiger partial charge in [-0.1, -0.05) is 18.2 Å². The molecule has 0 aliphatic rings. The van der Waals surface area contributed by atoms with Crippen molar-refractivity contribution in [1.29, 1.82) is 0 Å². The summed E-state index contributed by atoms with van der Waals surface area (Å²) in [6, 6.07) is 11.7. The van der Waals surface area contributed by atoms with Gasteiger partial charge in [0.15, 0.2) is 11.5 Å². The van der Waals surface area contributed by atoms with Gasteiger partial charge in [0.1, 0.15) is 5.52 Å². The Balaban J connectivity index is 2.06. The first-order chi connectivity index (χ1) is 12.2. The summed E-state index contributed by atoms with van der Waals surface area (Å²) in [5.41, 5.74) is 3.89. The number of methoxy groups -OCH3 is 2. The number of benzene rings is 2. The predicted molar refractivity (Wildman–Crippen MR) is 98.9 cm³/mol. The van der Waals surface area contributed by atoms with Gasteiger partial charge in [-0.3, -0.25) is 4.79 Å². The third-order valence-corrected chi connectivity index (χ3v) is 4.72. The maximum atomic E-state index is 12.6. The lowest BCUT2D eigenvalue weighted by atomic mass is 10.1. The highest BCUT2D eigenvalue weighted by Crippen LogP contribution is 2.38. The minimum atomic E-state index is -0.151. The van der Waals surface area contributed by atoms with Gasteiger partial charge in [-0.25, -0.2) is 0 Å². The van der Waals surface area contributed by atoms with Gasteiger partial charge in [-0.05, 0) is 12.1 Å². The van der Waals surface area contributed by atoms with Crippen LogP contribution in [0.3, 0.4) is 0 Å². The number of nitrogens with one attached hydrogen (secondary N) is 3. The van der Waals surface area contributed by atoms with E-state index in [9.17, 15) is 4.79 Å². The van der Waals surface area contributed by atoms with Crippen molar-refractivity contribution in [3.8, 4) is 11.5 Å². The van der Waals surface area contributed by atoms with E-state index in [2.05, 4.69) is 15.0 Å². The molecule has 3 N–H and O–H groups in total. The normalized spacial score (nSPS) is 11.8. The molecule has 0 saturated carbocycles. The molecule has 0 saturated heterocycles. The molecule has 0 unspecified atom stereocenters. The lowest BCUT2D eigenvalue weighted by Crippen LogP contribution is -2.05. The molecule has 3 aromatic heterocycles. The summed E-state index contributed by atoms with van der Waals surface area (Å²) < 4.78 is 10.8. The summed E-state index contributed by atoms with van der Waals surface area (Å²) >= 11 is 0. The summed E-state index contributed by atoms with van der Waals surface area (Å²) in [4.78, 5) is 22.3. The second kappa shape index (κ2) is 4.80. The molecular formula is C19H15N3O3. The van der Waals surface area contributed by atoms with Gasteiger partial charge in [0.25, 0.3) is 5.56 Å². The molecule has 0 amide bonds. The van der Waals surface area contributed by atoms with E-state index in [0.717, 1.165) is 38.2 Å². The summed E-state index contributed by atoms with van der Waals surface area (Å²) in [5, 5.41) is 2.76. The first kappa shape index (κ1) is 14.0. The maximum Gasteiger partial charge on any atom is 0.272 e. The van der Waals surface area contributed by atoms with E-state index >= 15 is 0 Å². The van der Waals surface area contributed by atoms with E-state index < -0.39 is 0 Å². The van der Waals surface area contributed by atoms with Crippen molar-refractivity contribution in [3.05, 3.63) is 46.8 Å². The minimum absolute atomic E-state index is 0.151. The molecule has 2 aromatic carbocycles. The second-order valence-electron chi connectivity index (χ2n) is 6.00. The lowest BCUT2D eigenvalue weighted by molar-refractivity contribution is 0.356. The summed E-state index contributed by atoms with van der Waals surface area (Å²) in [6.07, 6.45) is 0. The van der Waals surface area contributed by atoms with Crippen LogP contribution in [0.25, 0.3) is 43.7 Å². The van der Waals surface area contributed by atoms with Crippen LogP contribution >= 0.6 is 0 Å². The molecule has 0 aliphatic carbocycles. The van der Waals surface area contributed by atoms with E-state index in [1.165, 1.54) is 0 Å². The number of fused-ring (bicyclic) bond motifs is 7. The highest BCUT2D eigenvalue weighted by molar-refractivity contribution is 6.23. The molecule has 5 aromatic rings. The van der Waals surface area contributed by atoms with Crippen LogP contribution in [0.15, 0.2) is 41.2 Å². The number of H-pyrrole nitrogens is 3. The molecule has 6 nitrogen and oxygen atoms in total. The van der Waals surface area contributed by atoms with Crippen molar-refractivity contribution < 1.29 is 9.47 Å². The van der Waals surface area contributed by atoms with Crippen LogP contribution in [0.5, 0.6) is 11.5 Å². The van der Waals surface area contributed by atoms with Crippen molar-refractivity contribution in [3.63, 3.8) is 0 Å². The average Bonchev–Trinajstić information content (AvgIpc) is 3.19. The Labute approximate surface area is 141 Å². The van der Waals surface area contributed by atoms with E-state index in [1.807, 2.05) is 36.4 Å². The van der Waals surface area contributed by atoms with Crippen LogP contribution in [-0.4, -0.2) is 29.2 Å². The van der Waals surface area contributed by atoms with Crippen molar-refractivity contribution >= 4 is 43.7 Å². The predicted octanol–water partition coefficient (Wildman–Crippen LogP) is 3.66. The van der Waals surface area contributed by atoms with Gasteiger partial charge in [0, 0.05) is 27.7 Å². The van der Waals surface area contributed by atoms with Gasteiger partial charge in [-0.15, -0.1) is 0 Å². The summed E-state index contributed by atoms with van der Waals surface area (Å²) in [5.74, 6) is 1.24. The molecule has 0 spiro atoms. The fourth-order valence-corrected chi connectivity index (χ4v) is 3.59. The van der Waals surface area contributed by atoms with Crippen LogP contribution in [0.4, 0.5) is 0 Å². The Morgan fingerprint density at radius 1 is 0.760 bits per heavy atom. The molecule has 0 aliphatic heterocycles. The second-order valence-corrected chi connectivity index (χ2v) is 6.00. The summed E-state index contributed by atoms with van der Waals surface area (Å²) in [7, 11) is 3.19. The topological polar surface area (TPSA) is 82.9 Å². The largest absolute Gasteiger partial charge is 0.493 e. The third-order valence-electron chi connectivity index (χ3n) is 4.72. The van der Waals surface area contributed by atoms with Crippen molar-refractivity contribution in [2.45, 2.75) is 0 Å². The van der Waals surface area contributed by atoms with Gasteiger partial charge < -0.3 is 24.4 Å². The first-order valence-electron chi connectivity index (χ1n) is 7.91. The van der Waals surface area contributed by atoms with Crippen LogP contribution in [0.1, 0.15) is 0 Å². The van der Waals surface area contributed by atoms with Gasteiger partial charge in [0.05, 0.1) is 30.8 Å². The molecule has 0 atom stereocenters. The zero-order chi connectivity index (χ0) is 17.1. The number of para-hydroxylation sites is 1. The van der Waals surface area contributed by atoms with Gasteiger partial charge in [-0.2, -0.15) is 0 Å². The van der Waals surface area contributed by atoms with E-state index in [1.54, 1.807) is 14.2 Å². The van der Waals surface area contributed by atoms with E-state index in [4.69, 9.17) is 9.47 Å². The summed E-state index contributed by atoms with van der Waals surface area (Å²) in [6.45, 7) is 0. The number of pyridine rings is 1. The Hall–Kier alpha value is -3.41. The quantitative estimate of drug-likeness (QED) is 0.461. The van der Waals surface area contributed by atoms with Crippen LogP contribution in [-0.2, 0) is 0 Å². The Bertz CT molecular complexity index is 1340. The third kappa shape index (κ3) is 1.76. The SMILES string of the molecule is COc1cc2[nH]c3c(=O)[nH]c4c5ccccc5[nH]c4c3c2cc1OC. The molecule has 0 radical (unpaired) electrons. The fraction of sp³-hybridized carbons (Fsp3) is 0.105. The van der Waals surface area contributed by atoms with Crippen LogP contribution in [0.2, 0.25) is 0 Å². The fourth-order valence-electron chi connectivity index (χ4n) is 3.59. The van der Waals surface area contributed by atoms with Crippen molar-refractivity contribution in [1.82, 2.24) is 15.0 Å². The molecule has 5 rings (SSSR count). The first-order valence-corrected chi connectivity index (χ1v) is 7.91. The Kier molecular flexibility index (Phi) is 2.68. The number of aromatic nitrogens is 3. The van der Waals surface area contributed by atoms with E-state index in [-0.39, 0.29) is 5.56 Å². The highest BCUT2D eigenvalue weighted by atomic mass is 16.5. The standard InChI is InChI=1S/C19H15N3O3/c1-24-13-7-10-12(8-14(13)25-2)21-18-15(10)17-16(22-19(18)23)9-5-3-4-6-11(9)20-17/h3-8,20-21H,1-2H3,(H,22,23). The monoisotopic (exact) mass is 333 g/mol. The van der Waals surface area contributed by atoms with Crippen LogP contribution in [0, 0.1) is 0 Å². The number of rotatable bonds is 2. The highest BCUT2D eigenvalue weighted by Gasteiger charge is 2.17. The van der Waals surface area contributed by atoms with Crippen LogP contribution < -0.4 is 15.0 Å². The molecular weight excluding hydrogens is 318 g/mol. The van der Waals surface area contributed by atoms with Gasteiger partial charge >= 0.3 is 0 Å². The molecule has 124 valence electrons. The smallest absolute Gasteiger partial charge is 0.272 e. The number of hydrogen-bond acceptors (Lipinski definition) is 3.